The minimum absolute atomic E-state index is 0.279. The Labute approximate surface area is 125 Å². The summed E-state index contributed by atoms with van der Waals surface area (Å²) in [7, 11) is 0. The Balaban J connectivity index is 1.91. The molecule has 20 heavy (non-hydrogen) atoms. The highest BCUT2D eigenvalue weighted by Gasteiger charge is 2.51. The van der Waals surface area contributed by atoms with E-state index in [2.05, 4.69) is 54.5 Å². The summed E-state index contributed by atoms with van der Waals surface area (Å²) >= 11 is 1.94. The van der Waals surface area contributed by atoms with Crippen molar-refractivity contribution < 1.29 is 0 Å². The summed E-state index contributed by atoms with van der Waals surface area (Å²) in [5, 5.41) is 2.29. The normalized spacial score (nSPS) is 23.5. The van der Waals surface area contributed by atoms with Gasteiger partial charge in [0.2, 0.25) is 0 Å². The molecule has 1 fully saturated rings. The Hall–Kier alpha value is -1.28. The van der Waals surface area contributed by atoms with Crippen molar-refractivity contribution in [1.29, 1.82) is 0 Å². The average Bonchev–Trinajstić information content (AvgIpc) is 3.12. The maximum atomic E-state index is 2.73. The largest absolute Gasteiger partial charge is 0.354 e. The highest BCUT2D eigenvalue weighted by atomic mass is 32.1. The van der Waals surface area contributed by atoms with Gasteiger partial charge in [0, 0.05) is 10.6 Å². The average molecular weight is 283 g/mol. The van der Waals surface area contributed by atoms with E-state index in [0.29, 0.717) is 6.04 Å². The third kappa shape index (κ3) is 1.49. The van der Waals surface area contributed by atoms with Crippen LogP contribution in [0.4, 0.5) is 5.69 Å². The van der Waals surface area contributed by atoms with Crippen LogP contribution in [0.15, 0.2) is 35.7 Å². The Morgan fingerprint density at radius 3 is 2.65 bits per heavy atom. The van der Waals surface area contributed by atoms with Gasteiger partial charge in [-0.2, -0.15) is 0 Å². The first-order valence-electron chi connectivity index (χ1n) is 7.67. The lowest BCUT2D eigenvalue weighted by Gasteiger charge is -2.41. The van der Waals surface area contributed by atoms with Gasteiger partial charge in [0.05, 0.1) is 11.6 Å². The molecule has 2 aromatic rings. The lowest BCUT2D eigenvalue weighted by atomic mass is 9.89. The number of para-hydroxylation sites is 1. The Kier molecular flexibility index (Phi) is 2.71. The van der Waals surface area contributed by atoms with E-state index in [9.17, 15) is 0 Å². The van der Waals surface area contributed by atoms with Gasteiger partial charge in [0.25, 0.3) is 0 Å². The topological polar surface area (TPSA) is 3.24 Å². The van der Waals surface area contributed by atoms with Crippen molar-refractivity contribution in [3.63, 3.8) is 0 Å². The molecule has 2 aliphatic rings. The van der Waals surface area contributed by atoms with Crippen molar-refractivity contribution in [3.8, 4) is 0 Å². The van der Waals surface area contributed by atoms with Crippen LogP contribution >= 0.6 is 11.3 Å². The summed E-state index contributed by atoms with van der Waals surface area (Å²) in [6.45, 7) is 4.63. The fourth-order valence-electron chi connectivity index (χ4n) is 4.39. The van der Waals surface area contributed by atoms with Gasteiger partial charge in [0.15, 0.2) is 0 Å². The maximum Gasteiger partial charge on any atom is 0.0672 e. The zero-order valence-electron chi connectivity index (χ0n) is 12.2. The molecule has 1 aliphatic carbocycles. The minimum atomic E-state index is 0.279. The standard InChI is InChI=1S/C18H21NS/c1-13-7-3-4-8-16(13)19-14(2)17-15(9-12-20-17)18(19)10-5-6-11-18/h3-4,7-9,12,14H,5-6,10-11H2,1-2H3/t14-/m0/s1. The van der Waals surface area contributed by atoms with Gasteiger partial charge in [-0.15, -0.1) is 11.3 Å². The van der Waals surface area contributed by atoms with Crippen LogP contribution in [0.5, 0.6) is 0 Å². The maximum absolute atomic E-state index is 2.73. The molecule has 1 aromatic heterocycles. The second-order valence-electron chi connectivity index (χ2n) is 6.27. The second kappa shape index (κ2) is 4.36. The summed E-state index contributed by atoms with van der Waals surface area (Å²) in [5.41, 5.74) is 4.74. The molecular formula is C18H21NS. The molecule has 1 saturated carbocycles. The van der Waals surface area contributed by atoms with Crippen LogP contribution in [0.1, 0.15) is 54.7 Å². The van der Waals surface area contributed by atoms with Crippen LogP contribution in [-0.4, -0.2) is 0 Å². The number of nitrogens with zero attached hydrogens (tertiary/aromatic N) is 1. The molecule has 1 nitrogen and oxygen atoms in total. The molecule has 1 spiro atoms. The van der Waals surface area contributed by atoms with Crippen molar-refractivity contribution in [1.82, 2.24) is 0 Å². The summed E-state index contributed by atoms with van der Waals surface area (Å²) in [6, 6.07) is 11.8. The zero-order chi connectivity index (χ0) is 13.7. The van der Waals surface area contributed by atoms with Gasteiger partial charge in [-0.3, -0.25) is 0 Å². The van der Waals surface area contributed by atoms with E-state index in [1.54, 1.807) is 10.4 Å². The lowest BCUT2D eigenvalue weighted by Crippen LogP contribution is -2.40. The lowest BCUT2D eigenvalue weighted by molar-refractivity contribution is 0.416. The molecule has 0 unspecified atom stereocenters. The molecule has 1 atom stereocenters. The van der Waals surface area contributed by atoms with Crippen molar-refractivity contribution in [2.24, 2.45) is 0 Å². The molecule has 0 radical (unpaired) electrons. The highest BCUT2D eigenvalue weighted by Crippen LogP contribution is 2.57. The van der Waals surface area contributed by atoms with Crippen LogP contribution in [0.25, 0.3) is 0 Å². The Morgan fingerprint density at radius 2 is 1.90 bits per heavy atom. The van der Waals surface area contributed by atoms with Crippen molar-refractivity contribution >= 4 is 17.0 Å². The number of benzene rings is 1. The van der Waals surface area contributed by atoms with Crippen LogP contribution < -0.4 is 4.90 Å². The molecule has 104 valence electrons. The molecule has 0 bridgehead atoms. The van der Waals surface area contributed by atoms with E-state index in [1.807, 2.05) is 11.3 Å². The summed E-state index contributed by atoms with van der Waals surface area (Å²) in [5.74, 6) is 0. The molecule has 2 heteroatoms. The first-order chi connectivity index (χ1) is 9.74. The monoisotopic (exact) mass is 283 g/mol. The molecule has 0 amide bonds. The predicted octanol–water partition coefficient (Wildman–Crippen LogP) is 5.41. The van der Waals surface area contributed by atoms with E-state index in [0.717, 1.165) is 0 Å². The number of thiophene rings is 1. The molecule has 1 aliphatic heterocycles. The number of anilines is 1. The van der Waals surface area contributed by atoms with E-state index in [-0.39, 0.29) is 5.54 Å². The number of hydrogen-bond donors (Lipinski definition) is 0. The van der Waals surface area contributed by atoms with Gasteiger partial charge >= 0.3 is 0 Å². The first-order valence-corrected chi connectivity index (χ1v) is 8.55. The summed E-state index contributed by atoms with van der Waals surface area (Å²) in [6.07, 6.45) is 5.36. The third-order valence-electron chi connectivity index (χ3n) is 5.23. The molecule has 2 heterocycles. The van der Waals surface area contributed by atoms with Crippen molar-refractivity contribution in [2.45, 2.75) is 51.1 Å². The number of fused-ring (bicyclic) bond motifs is 2. The fourth-order valence-corrected chi connectivity index (χ4v) is 5.43. The molecule has 4 rings (SSSR count). The van der Waals surface area contributed by atoms with Gasteiger partial charge in [-0.1, -0.05) is 31.0 Å². The summed E-state index contributed by atoms with van der Waals surface area (Å²) in [4.78, 5) is 4.33. The smallest absolute Gasteiger partial charge is 0.0672 e. The van der Waals surface area contributed by atoms with Gasteiger partial charge in [0.1, 0.15) is 0 Å². The van der Waals surface area contributed by atoms with Crippen molar-refractivity contribution in [2.75, 3.05) is 4.90 Å². The Bertz CT molecular complexity index is 636. The number of rotatable bonds is 1. The van der Waals surface area contributed by atoms with E-state index >= 15 is 0 Å². The number of aryl methyl sites for hydroxylation is 1. The highest BCUT2D eigenvalue weighted by molar-refractivity contribution is 7.10. The first kappa shape index (κ1) is 12.5. The predicted molar refractivity (Wildman–Crippen MR) is 86.5 cm³/mol. The fraction of sp³-hybridized carbons (Fsp3) is 0.444. The quantitative estimate of drug-likeness (QED) is 0.676. The van der Waals surface area contributed by atoms with Crippen LogP contribution in [0.2, 0.25) is 0 Å². The zero-order valence-corrected chi connectivity index (χ0v) is 13.0. The van der Waals surface area contributed by atoms with E-state index < -0.39 is 0 Å². The SMILES string of the molecule is Cc1ccccc1N1[C@@H](C)c2sccc2C12CCCC2. The Morgan fingerprint density at radius 1 is 1.15 bits per heavy atom. The van der Waals surface area contributed by atoms with Crippen LogP contribution in [0, 0.1) is 6.92 Å². The van der Waals surface area contributed by atoms with Gasteiger partial charge in [-0.05, 0) is 55.3 Å². The number of hydrogen-bond acceptors (Lipinski definition) is 2. The molecule has 0 N–H and O–H groups in total. The van der Waals surface area contributed by atoms with Crippen LogP contribution in [-0.2, 0) is 5.54 Å². The summed E-state index contributed by atoms with van der Waals surface area (Å²) < 4.78 is 0. The molecular weight excluding hydrogens is 262 g/mol. The van der Waals surface area contributed by atoms with Crippen molar-refractivity contribution in [3.05, 3.63) is 51.7 Å². The van der Waals surface area contributed by atoms with Crippen LogP contribution in [0.3, 0.4) is 0 Å². The van der Waals surface area contributed by atoms with E-state index in [1.165, 1.54) is 36.9 Å². The van der Waals surface area contributed by atoms with Gasteiger partial charge < -0.3 is 4.90 Å². The minimum Gasteiger partial charge on any atom is -0.354 e. The third-order valence-corrected chi connectivity index (χ3v) is 6.32. The molecule has 0 saturated heterocycles. The van der Waals surface area contributed by atoms with E-state index in [4.69, 9.17) is 0 Å². The molecule has 1 aromatic carbocycles. The second-order valence-corrected chi connectivity index (χ2v) is 7.22. The van der Waals surface area contributed by atoms with Gasteiger partial charge in [-0.25, -0.2) is 0 Å².